The molecule has 1 saturated heterocycles. The van der Waals surface area contributed by atoms with Gasteiger partial charge < -0.3 is 10.1 Å². The molecule has 4 aromatic rings. The molecule has 0 atom stereocenters. The molecular weight excluding hydrogens is 552 g/mol. The van der Waals surface area contributed by atoms with Gasteiger partial charge in [0, 0.05) is 11.1 Å². The standard InChI is InChI=1S/C29H21BrN2O4S/c30-23-15-20(13-14-25(23)36-18-19-7-2-1-3-8-19)16-26-28(34)32(29(35)37-26)17-27(33)31-24-12-6-10-21-9-4-5-11-22(21)24/h1-16H,17-18H2,(H,31,33)/b26-16+. The van der Waals surface area contributed by atoms with E-state index in [1.807, 2.05) is 78.9 Å². The molecule has 8 heteroatoms. The van der Waals surface area contributed by atoms with Gasteiger partial charge in [-0.15, -0.1) is 0 Å². The van der Waals surface area contributed by atoms with Gasteiger partial charge >= 0.3 is 0 Å². The van der Waals surface area contributed by atoms with Crippen LogP contribution in [0.5, 0.6) is 5.75 Å². The molecule has 5 rings (SSSR count). The Morgan fingerprint density at radius 3 is 2.51 bits per heavy atom. The summed E-state index contributed by atoms with van der Waals surface area (Å²) in [7, 11) is 0. The first-order valence-electron chi connectivity index (χ1n) is 11.5. The lowest BCUT2D eigenvalue weighted by atomic mass is 10.1. The quantitative estimate of drug-likeness (QED) is 0.245. The Hall–Kier alpha value is -3.88. The van der Waals surface area contributed by atoms with Crippen molar-refractivity contribution in [3.63, 3.8) is 0 Å². The van der Waals surface area contributed by atoms with E-state index < -0.39 is 17.1 Å². The van der Waals surface area contributed by atoms with Crippen LogP contribution in [0.4, 0.5) is 10.5 Å². The minimum Gasteiger partial charge on any atom is -0.488 e. The third kappa shape index (κ3) is 5.76. The van der Waals surface area contributed by atoms with Crippen molar-refractivity contribution in [3.8, 4) is 5.75 Å². The Morgan fingerprint density at radius 1 is 0.946 bits per heavy atom. The highest BCUT2D eigenvalue weighted by Crippen LogP contribution is 2.34. The average Bonchev–Trinajstić information content (AvgIpc) is 3.16. The summed E-state index contributed by atoms with van der Waals surface area (Å²) in [6.45, 7) is 0.0691. The van der Waals surface area contributed by atoms with E-state index in [-0.39, 0.29) is 11.4 Å². The second kappa shape index (κ2) is 11.0. The maximum atomic E-state index is 12.9. The highest BCUT2D eigenvalue weighted by atomic mass is 79.9. The zero-order valence-electron chi connectivity index (χ0n) is 19.5. The summed E-state index contributed by atoms with van der Waals surface area (Å²) in [5.74, 6) is -0.273. The maximum Gasteiger partial charge on any atom is 0.294 e. The summed E-state index contributed by atoms with van der Waals surface area (Å²) in [6, 6.07) is 28.5. The molecule has 6 nitrogen and oxygen atoms in total. The van der Waals surface area contributed by atoms with Crippen LogP contribution in [-0.2, 0) is 16.2 Å². The number of fused-ring (bicyclic) bond motifs is 1. The Balaban J connectivity index is 1.24. The van der Waals surface area contributed by atoms with E-state index in [9.17, 15) is 14.4 Å². The summed E-state index contributed by atoms with van der Waals surface area (Å²) in [6.07, 6.45) is 1.64. The number of halogens is 1. The van der Waals surface area contributed by atoms with Crippen LogP contribution in [0.1, 0.15) is 11.1 Å². The third-order valence-electron chi connectivity index (χ3n) is 5.73. The number of ether oxygens (including phenoxy) is 1. The number of thioether (sulfide) groups is 1. The molecule has 1 aliphatic heterocycles. The molecule has 0 aliphatic carbocycles. The molecule has 1 heterocycles. The van der Waals surface area contributed by atoms with Gasteiger partial charge in [-0.1, -0.05) is 72.8 Å². The summed E-state index contributed by atoms with van der Waals surface area (Å²) in [5, 5.41) is 4.21. The van der Waals surface area contributed by atoms with Crippen LogP contribution < -0.4 is 10.1 Å². The first kappa shape index (κ1) is 24.8. The van der Waals surface area contributed by atoms with E-state index in [1.165, 1.54) is 0 Å². The normalized spacial score (nSPS) is 14.4. The van der Waals surface area contributed by atoms with Crippen molar-refractivity contribution < 1.29 is 19.1 Å². The summed E-state index contributed by atoms with van der Waals surface area (Å²) >= 11 is 4.33. The van der Waals surface area contributed by atoms with Crippen molar-refractivity contribution in [1.82, 2.24) is 4.90 Å². The molecule has 0 aromatic heterocycles. The Bertz CT molecular complexity index is 1530. The molecule has 4 aromatic carbocycles. The van der Waals surface area contributed by atoms with Crippen molar-refractivity contribution in [2.75, 3.05) is 11.9 Å². The highest BCUT2D eigenvalue weighted by molar-refractivity contribution is 9.10. The van der Waals surface area contributed by atoms with E-state index in [0.717, 1.165) is 43.0 Å². The van der Waals surface area contributed by atoms with Crippen LogP contribution in [0.2, 0.25) is 0 Å². The van der Waals surface area contributed by atoms with E-state index in [0.29, 0.717) is 18.0 Å². The maximum absolute atomic E-state index is 12.9. The number of benzene rings is 4. The number of rotatable bonds is 7. The summed E-state index contributed by atoms with van der Waals surface area (Å²) < 4.78 is 6.60. The van der Waals surface area contributed by atoms with Gasteiger partial charge in [0.25, 0.3) is 11.1 Å². The van der Waals surface area contributed by atoms with Crippen molar-refractivity contribution in [1.29, 1.82) is 0 Å². The average molecular weight is 573 g/mol. The number of hydrogen-bond acceptors (Lipinski definition) is 5. The van der Waals surface area contributed by atoms with E-state index in [4.69, 9.17) is 4.74 Å². The molecule has 0 spiro atoms. The highest BCUT2D eigenvalue weighted by Gasteiger charge is 2.36. The fourth-order valence-electron chi connectivity index (χ4n) is 3.91. The second-order valence-corrected chi connectivity index (χ2v) is 10.2. The predicted molar refractivity (Wildman–Crippen MR) is 150 cm³/mol. The lowest BCUT2D eigenvalue weighted by Gasteiger charge is -2.13. The van der Waals surface area contributed by atoms with Crippen molar-refractivity contribution in [3.05, 3.63) is 112 Å². The number of nitrogens with one attached hydrogen (secondary N) is 1. The van der Waals surface area contributed by atoms with Gasteiger partial charge in [-0.05, 0) is 68.5 Å². The van der Waals surface area contributed by atoms with Gasteiger partial charge in [0.05, 0.1) is 9.38 Å². The van der Waals surface area contributed by atoms with Crippen molar-refractivity contribution in [2.24, 2.45) is 0 Å². The fraction of sp³-hybridized carbons (Fsp3) is 0.0690. The molecule has 0 saturated carbocycles. The summed E-state index contributed by atoms with van der Waals surface area (Å²) in [5.41, 5.74) is 2.41. The van der Waals surface area contributed by atoms with Gasteiger partial charge in [-0.2, -0.15) is 0 Å². The molecule has 1 N–H and O–H groups in total. The van der Waals surface area contributed by atoms with Gasteiger partial charge in [0.1, 0.15) is 18.9 Å². The number of hydrogen-bond donors (Lipinski definition) is 1. The minimum absolute atomic E-state index is 0.257. The zero-order chi connectivity index (χ0) is 25.8. The predicted octanol–water partition coefficient (Wildman–Crippen LogP) is 6.86. The molecule has 0 radical (unpaired) electrons. The first-order chi connectivity index (χ1) is 18.0. The van der Waals surface area contributed by atoms with Crippen LogP contribution in [-0.4, -0.2) is 28.5 Å². The van der Waals surface area contributed by atoms with Gasteiger partial charge in [-0.3, -0.25) is 19.3 Å². The third-order valence-corrected chi connectivity index (χ3v) is 7.26. The van der Waals surface area contributed by atoms with E-state index in [1.54, 1.807) is 18.2 Å². The Kier molecular flexibility index (Phi) is 7.39. The number of carbonyl (C=O) groups is 3. The van der Waals surface area contributed by atoms with Gasteiger partial charge in [-0.25, -0.2) is 0 Å². The number of imide groups is 1. The van der Waals surface area contributed by atoms with Crippen LogP contribution in [0.3, 0.4) is 0 Å². The SMILES string of the molecule is O=C(CN1C(=O)S/C(=C/c2ccc(OCc3ccccc3)c(Br)c2)C1=O)Nc1cccc2ccccc12. The Morgan fingerprint density at radius 2 is 1.70 bits per heavy atom. The molecule has 1 aliphatic rings. The van der Waals surface area contributed by atoms with Crippen molar-refractivity contribution in [2.45, 2.75) is 6.61 Å². The molecule has 37 heavy (non-hydrogen) atoms. The van der Waals surface area contributed by atoms with Crippen molar-refractivity contribution >= 4 is 67.3 Å². The van der Waals surface area contributed by atoms with Crippen LogP contribution in [0.15, 0.2) is 100 Å². The number of anilines is 1. The van der Waals surface area contributed by atoms with Gasteiger partial charge in [0.15, 0.2) is 0 Å². The van der Waals surface area contributed by atoms with Crippen LogP contribution in [0.25, 0.3) is 16.8 Å². The zero-order valence-corrected chi connectivity index (χ0v) is 21.9. The molecule has 0 unspecified atom stereocenters. The van der Waals surface area contributed by atoms with E-state index in [2.05, 4.69) is 21.2 Å². The topological polar surface area (TPSA) is 75.7 Å². The second-order valence-electron chi connectivity index (χ2n) is 8.31. The summed E-state index contributed by atoms with van der Waals surface area (Å²) in [4.78, 5) is 39.4. The molecule has 3 amide bonds. The first-order valence-corrected chi connectivity index (χ1v) is 13.1. The molecular formula is C29H21BrN2O4S. The molecule has 1 fully saturated rings. The monoisotopic (exact) mass is 572 g/mol. The van der Waals surface area contributed by atoms with Crippen LogP contribution >= 0.6 is 27.7 Å². The minimum atomic E-state index is -0.497. The fourth-order valence-corrected chi connectivity index (χ4v) is 5.26. The number of nitrogens with zero attached hydrogens (tertiary/aromatic N) is 1. The van der Waals surface area contributed by atoms with Gasteiger partial charge in [0.2, 0.25) is 5.91 Å². The Labute approximate surface area is 226 Å². The lowest BCUT2D eigenvalue weighted by Crippen LogP contribution is -2.36. The lowest BCUT2D eigenvalue weighted by molar-refractivity contribution is -0.127. The smallest absolute Gasteiger partial charge is 0.294 e. The number of carbonyl (C=O) groups excluding carboxylic acids is 3. The van der Waals surface area contributed by atoms with E-state index >= 15 is 0 Å². The van der Waals surface area contributed by atoms with Crippen LogP contribution in [0, 0.1) is 0 Å². The molecule has 184 valence electrons. The number of amides is 3. The largest absolute Gasteiger partial charge is 0.488 e. The molecule has 0 bridgehead atoms.